The van der Waals surface area contributed by atoms with Gasteiger partial charge in [-0.1, -0.05) is 33.6 Å². The lowest BCUT2D eigenvalue weighted by Crippen LogP contribution is -2.09. The third kappa shape index (κ3) is 4.61. The molecule has 2 aromatic carbocycles. The Morgan fingerprint density at radius 2 is 1.76 bits per heavy atom. The number of nitro benzene ring substituents is 1. The number of nitro groups is 1. The van der Waals surface area contributed by atoms with Gasteiger partial charge in [-0.15, -0.1) is 0 Å². The molecular formula is C14H11BrClNO4. The van der Waals surface area contributed by atoms with E-state index in [4.69, 9.17) is 21.1 Å². The maximum absolute atomic E-state index is 10.6. The van der Waals surface area contributed by atoms with Gasteiger partial charge in [0.05, 0.1) is 4.92 Å². The molecule has 21 heavy (non-hydrogen) atoms. The molecule has 0 saturated carbocycles. The number of ether oxygens (including phenoxy) is 2. The van der Waals surface area contributed by atoms with E-state index in [0.717, 1.165) is 10.2 Å². The first-order valence-electron chi connectivity index (χ1n) is 6.01. The van der Waals surface area contributed by atoms with Gasteiger partial charge in [-0.05, 0) is 24.3 Å². The molecule has 0 aliphatic carbocycles. The van der Waals surface area contributed by atoms with Crippen molar-refractivity contribution < 1.29 is 14.4 Å². The van der Waals surface area contributed by atoms with Gasteiger partial charge in [-0.2, -0.15) is 0 Å². The minimum absolute atomic E-state index is 0.0467. The molecule has 0 amide bonds. The van der Waals surface area contributed by atoms with Crippen LogP contribution in [0.1, 0.15) is 0 Å². The summed E-state index contributed by atoms with van der Waals surface area (Å²) in [6.45, 7) is 0.658. The second kappa shape index (κ2) is 7.28. The summed E-state index contributed by atoms with van der Waals surface area (Å²) in [6.07, 6.45) is 0. The minimum atomic E-state index is -0.539. The Morgan fingerprint density at radius 3 is 2.33 bits per heavy atom. The molecular weight excluding hydrogens is 362 g/mol. The summed E-state index contributed by atoms with van der Waals surface area (Å²) in [5.74, 6) is 1.19. The highest BCUT2D eigenvalue weighted by atomic mass is 79.9. The molecule has 0 atom stereocenters. The molecule has 0 bridgehead atoms. The highest BCUT2D eigenvalue weighted by Crippen LogP contribution is 2.28. The van der Waals surface area contributed by atoms with Crippen molar-refractivity contribution in [1.29, 1.82) is 0 Å². The molecule has 2 rings (SSSR count). The van der Waals surface area contributed by atoms with Crippen LogP contribution in [0, 0.1) is 10.1 Å². The first-order chi connectivity index (χ1) is 10.1. The van der Waals surface area contributed by atoms with Crippen molar-refractivity contribution in [2.75, 3.05) is 13.2 Å². The van der Waals surface area contributed by atoms with E-state index in [2.05, 4.69) is 15.9 Å². The molecule has 0 aliphatic heterocycles. The van der Waals surface area contributed by atoms with E-state index in [1.54, 1.807) is 0 Å². The average molecular weight is 373 g/mol. The lowest BCUT2D eigenvalue weighted by molar-refractivity contribution is -0.384. The SMILES string of the molecule is O=[N+]([O-])c1ccc(OCCOc2cccc(Br)c2)cc1Cl. The molecule has 2 aromatic rings. The number of rotatable bonds is 6. The fourth-order valence-electron chi connectivity index (χ4n) is 1.60. The Bertz CT molecular complexity index is 651. The van der Waals surface area contributed by atoms with Crippen LogP contribution in [0.2, 0.25) is 5.02 Å². The van der Waals surface area contributed by atoms with Gasteiger partial charge in [0, 0.05) is 16.6 Å². The third-order valence-corrected chi connectivity index (χ3v) is 3.33. The zero-order valence-electron chi connectivity index (χ0n) is 10.8. The van der Waals surface area contributed by atoms with E-state index < -0.39 is 4.92 Å². The molecule has 0 unspecified atom stereocenters. The molecule has 110 valence electrons. The van der Waals surface area contributed by atoms with Crippen molar-refractivity contribution in [3.05, 3.63) is 62.1 Å². The predicted octanol–water partition coefficient (Wildman–Crippen LogP) is 4.47. The first kappa shape index (κ1) is 15.6. The number of hydrogen-bond acceptors (Lipinski definition) is 4. The Labute approximate surface area is 134 Å². The lowest BCUT2D eigenvalue weighted by atomic mass is 10.3. The largest absolute Gasteiger partial charge is 0.490 e. The summed E-state index contributed by atoms with van der Waals surface area (Å²) in [6, 6.07) is 11.7. The van der Waals surface area contributed by atoms with E-state index in [1.807, 2.05) is 24.3 Å². The van der Waals surface area contributed by atoms with E-state index >= 15 is 0 Å². The number of hydrogen-bond donors (Lipinski definition) is 0. The Kier molecular flexibility index (Phi) is 5.41. The van der Waals surface area contributed by atoms with Crippen molar-refractivity contribution in [2.24, 2.45) is 0 Å². The fourth-order valence-corrected chi connectivity index (χ4v) is 2.22. The van der Waals surface area contributed by atoms with Crippen LogP contribution >= 0.6 is 27.5 Å². The zero-order valence-corrected chi connectivity index (χ0v) is 13.1. The van der Waals surface area contributed by atoms with E-state index in [0.29, 0.717) is 19.0 Å². The number of halogens is 2. The third-order valence-electron chi connectivity index (χ3n) is 2.53. The van der Waals surface area contributed by atoms with Crippen molar-refractivity contribution in [3.63, 3.8) is 0 Å². The second-order valence-corrected chi connectivity index (χ2v) is 5.35. The monoisotopic (exact) mass is 371 g/mol. The zero-order chi connectivity index (χ0) is 15.2. The number of benzene rings is 2. The molecule has 0 aliphatic rings. The molecule has 0 fully saturated rings. The van der Waals surface area contributed by atoms with Crippen molar-refractivity contribution >= 4 is 33.2 Å². The van der Waals surface area contributed by atoms with Gasteiger partial charge >= 0.3 is 0 Å². The van der Waals surface area contributed by atoms with Crippen LogP contribution in [0.5, 0.6) is 11.5 Å². The second-order valence-electron chi connectivity index (χ2n) is 4.02. The average Bonchev–Trinajstić information content (AvgIpc) is 2.43. The summed E-state index contributed by atoms with van der Waals surface area (Å²) in [7, 11) is 0. The summed E-state index contributed by atoms with van der Waals surface area (Å²) in [4.78, 5) is 10.1. The highest BCUT2D eigenvalue weighted by molar-refractivity contribution is 9.10. The van der Waals surface area contributed by atoms with Crippen LogP contribution in [0.3, 0.4) is 0 Å². The van der Waals surface area contributed by atoms with Gasteiger partial charge in [0.1, 0.15) is 29.7 Å². The first-order valence-corrected chi connectivity index (χ1v) is 7.18. The topological polar surface area (TPSA) is 61.6 Å². The lowest BCUT2D eigenvalue weighted by Gasteiger charge is -2.09. The molecule has 0 N–H and O–H groups in total. The quantitative estimate of drug-likeness (QED) is 0.426. The summed E-state index contributed by atoms with van der Waals surface area (Å²) in [5.41, 5.74) is -0.144. The van der Waals surface area contributed by atoms with Crippen LogP contribution in [-0.4, -0.2) is 18.1 Å². The van der Waals surface area contributed by atoms with Crippen molar-refractivity contribution in [1.82, 2.24) is 0 Å². The Morgan fingerprint density at radius 1 is 1.10 bits per heavy atom. The fraction of sp³-hybridized carbons (Fsp3) is 0.143. The molecule has 0 heterocycles. The standard InChI is InChI=1S/C14H11BrClNO4/c15-10-2-1-3-11(8-10)20-6-7-21-12-4-5-14(17(18)19)13(16)9-12/h1-5,8-9H,6-7H2. The van der Waals surface area contributed by atoms with Gasteiger partial charge in [-0.3, -0.25) is 10.1 Å². The summed E-state index contributed by atoms with van der Waals surface area (Å²) in [5, 5.41) is 10.7. The Balaban J connectivity index is 1.84. The highest BCUT2D eigenvalue weighted by Gasteiger charge is 2.12. The number of nitrogens with zero attached hydrogens (tertiary/aromatic N) is 1. The van der Waals surface area contributed by atoms with E-state index in [1.165, 1.54) is 18.2 Å². The van der Waals surface area contributed by atoms with Gasteiger partial charge in [-0.25, -0.2) is 0 Å². The normalized spacial score (nSPS) is 10.2. The van der Waals surface area contributed by atoms with Crippen LogP contribution in [0.25, 0.3) is 0 Å². The predicted molar refractivity (Wildman–Crippen MR) is 83.2 cm³/mol. The molecule has 7 heteroatoms. The molecule has 0 aromatic heterocycles. The Hall–Kier alpha value is -1.79. The van der Waals surface area contributed by atoms with Gasteiger partial charge < -0.3 is 9.47 Å². The van der Waals surface area contributed by atoms with Crippen molar-refractivity contribution in [3.8, 4) is 11.5 Å². The van der Waals surface area contributed by atoms with Crippen LogP contribution in [0.4, 0.5) is 5.69 Å². The minimum Gasteiger partial charge on any atom is -0.490 e. The molecule has 5 nitrogen and oxygen atoms in total. The van der Waals surface area contributed by atoms with E-state index in [9.17, 15) is 10.1 Å². The summed E-state index contributed by atoms with van der Waals surface area (Å²) >= 11 is 9.15. The van der Waals surface area contributed by atoms with Crippen LogP contribution in [-0.2, 0) is 0 Å². The summed E-state index contributed by atoms with van der Waals surface area (Å²) < 4.78 is 11.9. The van der Waals surface area contributed by atoms with Crippen LogP contribution in [0.15, 0.2) is 46.9 Å². The molecule has 0 radical (unpaired) electrons. The molecule has 0 saturated heterocycles. The van der Waals surface area contributed by atoms with Crippen LogP contribution < -0.4 is 9.47 Å². The van der Waals surface area contributed by atoms with Gasteiger partial charge in [0.15, 0.2) is 0 Å². The molecule has 0 spiro atoms. The van der Waals surface area contributed by atoms with E-state index in [-0.39, 0.29) is 10.7 Å². The van der Waals surface area contributed by atoms with Crippen molar-refractivity contribution in [2.45, 2.75) is 0 Å². The maximum Gasteiger partial charge on any atom is 0.288 e. The van der Waals surface area contributed by atoms with Gasteiger partial charge in [0.25, 0.3) is 5.69 Å². The smallest absolute Gasteiger partial charge is 0.288 e. The van der Waals surface area contributed by atoms with Gasteiger partial charge in [0.2, 0.25) is 0 Å². The maximum atomic E-state index is 10.6.